The third-order valence-electron chi connectivity index (χ3n) is 8.92. The molecule has 296 valence electrons. The smallest absolute Gasteiger partial charge is 0.410 e. The summed E-state index contributed by atoms with van der Waals surface area (Å²) in [6.45, 7) is 15.4. The Labute approximate surface area is 338 Å². The van der Waals surface area contributed by atoms with Crippen LogP contribution in [0.4, 0.5) is 13.6 Å². The lowest BCUT2D eigenvalue weighted by molar-refractivity contribution is -0.143. The third-order valence-corrected chi connectivity index (χ3v) is 9.94. The fraction of sp³-hybridized carbons (Fsp3) is 0.410. The van der Waals surface area contributed by atoms with Gasteiger partial charge in [-0.2, -0.15) is 0 Å². The van der Waals surface area contributed by atoms with Crippen molar-refractivity contribution in [3.63, 3.8) is 0 Å². The first-order valence-corrected chi connectivity index (χ1v) is 19.1. The second-order valence-corrected chi connectivity index (χ2v) is 16.1. The lowest BCUT2D eigenvalue weighted by Gasteiger charge is -2.45. The van der Waals surface area contributed by atoms with Crippen molar-refractivity contribution < 1.29 is 32.7 Å². The van der Waals surface area contributed by atoms with Gasteiger partial charge in [-0.1, -0.05) is 29.8 Å². The minimum absolute atomic E-state index is 0.0124. The monoisotopic (exact) mass is 864 g/mol. The topological polar surface area (TPSA) is 124 Å². The molecule has 2 saturated heterocycles. The Bertz CT molecular complexity index is 1960. The second kappa shape index (κ2) is 18.2. The molecule has 1 aromatic heterocycles. The molecule has 2 aromatic carbocycles. The summed E-state index contributed by atoms with van der Waals surface area (Å²) in [4.78, 5) is 57.7. The second-order valence-electron chi connectivity index (χ2n) is 14.4. The number of benzene rings is 2. The van der Waals surface area contributed by atoms with Crippen molar-refractivity contribution in [2.75, 3.05) is 33.2 Å². The maximum Gasteiger partial charge on any atom is 0.410 e. The average molecular weight is 867 g/mol. The van der Waals surface area contributed by atoms with Crippen LogP contribution in [0.25, 0.3) is 11.1 Å². The first-order chi connectivity index (χ1) is 25.7. The van der Waals surface area contributed by atoms with Gasteiger partial charge in [-0.05, 0) is 98.6 Å². The average Bonchev–Trinajstić information content (AvgIpc) is 3.12. The van der Waals surface area contributed by atoms with Crippen molar-refractivity contribution in [1.82, 2.24) is 30.3 Å². The zero-order valence-corrected chi connectivity index (χ0v) is 34.8. The number of rotatable bonds is 5. The predicted molar refractivity (Wildman–Crippen MR) is 212 cm³/mol. The molecular weight excluding hydrogens is 821 g/mol. The van der Waals surface area contributed by atoms with E-state index in [1.165, 1.54) is 55.4 Å². The van der Waals surface area contributed by atoms with Crippen molar-refractivity contribution in [2.24, 2.45) is 0 Å². The van der Waals surface area contributed by atoms with Crippen molar-refractivity contribution in [3.05, 3.63) is 98.2 Å². The van der Waals surface area contributed by atoms with Gasteiger partial charge in [0.1, 0.15) is 22.9 Å². The number of nitrogens with zero attached hydrogens (tertiary/aromatic N) is 4. The Kier molecular flexibility index (Phi) is 14.5. The number of ether oxygens (including phenoxy) is 1. The number of nitrogens with one attached hydrogen (secondary N) is 2. The molecule has 11 nitrogen and oxygen atoms in total. The molecule has 2 N–H and O–H groups in total. The molecule has 2 fully saturated rings. The number of hydrogen-bond acceptors (Lipinski definition) is 7. The molecule has 2 aliphatic rings. The number of pyridine rings is 1. The van der Waals surface area contributed by atoms with Gasteiger partial charge in [-0.15, -0.1) is 0 Å². The van der Waals surface area contributed by atoms with E-state index in [2.05, 4.69) is 38.1 Å². The minimum Gasteiger partial charge on any atom is -0.444 e. The lowest BCUT2D eigenvalue weighted by atomic mass is 9.94. The van der Waals surface area contributed by atoms with E-state index in [1.807, 2.05) is 27.7 Å². The molecule has 4 amide bonds. The molecule has 3 heterocycles. The van der Waals surface area contributed by atoms with Gasteiger partial charge in [-0.3, -0.25) is 19.4 Å². The molecule has 0 saturated carbocycles. The Balaban J connectivity index is 0.000000258. The van der Waals surface area contributed by atoms with Crippen molar-refractivity contribution >= 4 is 62.9 Å². The summed E-state index contributed by atoms with van der Waals surface area (Å²) in [5.74, 6) is -1.89. The van der Waals surface area contributed by atoms with E-state index in [9.17, 15) is 23.6 Å². The minimum atomic E-state index is -0.738. The predicted octanol–water partition coefficient (Wildman–Crippen LogP) is 7.72. The molecule has 0 bridgehead atoms. The van der Waals surface area contributed by atoms with Gasteiger partial charge in [0.15, 0.2) is 0 Å². The molecule has 0 aliphatic carbocycles. The number of piperazine rings is 2. The first kappa shape index (κ1) is 43.6. The number of carbonyl (C=O) groups is 4. The fourth-order valence-corrected chi connectivity index (χ4v) is 7.71. The van der Waals surface area contributed by atoms with Crippen molar-refractivity contribution in [3.8, 4) is 11.1 Å². The summed E-state index contributed by atoms with van der Waals surface area (Å²) < 4.78 is 36.0. The van der Waals surface area contributed by atoms with Gasteiger partial charge in [0.05, 0.1) is 16.6 Å². The number of hydrogen-bond donors (Lipinski definition) is 2. The van der Waals surface area contributed by atoms with Gasteiger partial charge >= 0.3 is 6.09 Å². The highest BCUT2D eigenvalue weighted by Gasteiger charge is 2.38. The van der Waals surface area contributed by atoms with Gasteiger partial charge in [-0.25, -0.2) is 13.6 Å². The Morgan fingerprint density at radius 2 is 1.64 bits per heavy atom. The SMILES string of the molecule is C=CC(=O)N1C[C@@H](C)N(C(C)=O)[C@H](c2cc(Cl)cc(-c3ccnc(C(=O)NC)c3)c2F)C1.C[C@@H]1CN(C(=O)OC(C)(C)C)C[C@@H](c2cc(Cl)cc(Br)c2F)N1. The van der Waals surface area contributed by atoms with E-state index in [0.29, 0.717) is 40.3 Å². The molecule has 16 heteroatoms. The van der Waals surface area contributed by atoms with Crippen molar-refractivity contribution in [2.45, 2.75) is 71.3 Å². The van der Waals surface area contributed by atoms with E-state index in [0.717, 1.165) is 0 Å². The fourth-order valence-electron chi connectivity index (χ4n) is 6.65. The largest absolute Gasteiger partial charge is 0.444 e. The number of aromatic nitrogens is 1. The van der Waals surface area contributed by atoms with Gasteiger partial charge in [0.2, 0.25) is 11.8 Å². The number of carbonyl (C=O) groups excluding carboxylic acids is 4. The molecule has 4 atom stereocenters. The van der Waals surface area contributed by atoms with Crippen LogP contribution in [0.2, 0.25) is 10.0 Å². The summed E-state index contributed by atoms with van der Waals surface area (Å²) in [5, 5.41) is 6.49. The van der Waals surface area contributed by atoms with Crippen LogP contribution in [0.3, 0.4) is 0 Å². The maximum atomic E-state index is 15.9. The molecule has 0 spiro atoms. The van der Waals surface area contributed by atoms with E-state index < -0.39 is 29.5 Å². The zero-order valence-electron chi connectivity index (χ0n) is 31.7. The lowest BCUT2D eigenvalue weighted by Crippen LogP contribution is -2.56. The van der Waals surface area contributed by atoms with Crippen LogP contribution in [-0.4, -0.2) is 94.4 Å². The Hall–Kier alpha value is -4.11. The summed E-state index contributed by atoms with van der Waals surface area (Å²) >= 11 is 15.6. The quantitative estimate of drug-likeness (QED) is 0.199. The maximum absolute atomic E-state index is 15.9. The van der Waals surface area contributed by atoms with E-state index in [4.69, 9.17) is 27.9 Å². The Morgan fingerprint density at radius 3 is 2.25 bits per heavy atom. The van der Waals surface area contributed by atoms with Gasteiger partial charge in [0.25, 0.3) is 5.91 Å². The van der Waals surface area contributed by atoms with Gasteiger partial charge in [0, 0.05) is 85.2 Å². The van der Waals surface area contributed by atoms with Crippen LogP contribution in [0.5, 0.6) is 0 Å². The van der Waals surface area contributed by atoms with Gasteiger partial charge < -0.3 is 30.1 Å². The molecular formula is C39H45BrCl2F2N6O5. The van der Waals surface area contributed by atoms with E-state index in [-0.39, 0.29) is 64.1 Å². The van der Waals surface area contributed by atoms with Crippen LogP contribution in [0.1, 0.15) is 75.2 Å². The van der Waals surface area contributed by atoms with Crippen molar-refractivity contribution in [1.29, 1.82) is 0 Å². The van der Waals surface area contributed by atoms with E-state index >= 15 is 4.39 Å². The molecule has 3 aromatic rings. The summed E-state index contributed by atoms with van der Waals surface area (Å²) in [5.41, 5.74) is 0.773. The molecule has 0 unspecified atom stereocenters. The molecule has 0 radical (unpaired) electrons. The normalized spacial score (nSPS) is 19.9. The standard InChI is InChI=1S/C23H24ClFN4O3.C16H21BrClFN2O2/c1-5-21(31)28-11-13(2)29(14(3)30)20(12-28)18-10-16(24)9-17(22(18)25)15-6-7-27-19(8-15)23(32)26-4;1-9-7-21(15(22)23-16(2,3)4)8-13(20-9)11-5-10(18)6-12(17)14(11)19/h5-10,13,20H,1,11-12H2,2-4H3,(H,26,32);5-6,9,13,20H,7-8H2,1-4H3/t13-,20+;9-,13+/m11/s1. The van der Waals surface area contributed by atoms with Crippen LogP contribution in [0.15, 0.2) is 59.7 Å². The van der Waals surface area contributed by atoms with Crippen LogP contribution in [-0.2, 0) is 14.3 Å². The van der Waals surface area contributed by atoms with Crippen LogP contribution >= 0.6 is 39.1 Å². The molecule has 5 rings (SSSR count). The zero-order chi connectivity index (χ0) is 40.9. The van der Waals surface area contributed by atoms with Crippen LogP contribution < -0.4 is 10.6 Å². The third kappa shape index (κ3) is 10.8. The van der Waals surface area contributed by atoms with E-state index in [1.54, 1.807) is 28.9 Å². The first-order valence-electron chi connectivity index (χ1n) is 17.5. The highest BCUT2D eigenvalue weighted by atomic mass is 79.9. The summed E-state index contributed by atoms with van der Waals surface area (Å²) in [7, 11) is 1.48. The summed E-state index contributed by atoms with van der Waals surface area (Å²) in [6, 6.07) is 7.66. The number of halogens is 5. The highest BCUT2D eigenvalue weighted by molar-refractivity contribution is 9.10. The molecule has 55 heavy (non-hydrogen) atoms. The molecule has 2 aliphatic heterocycles. The highest BCUT2D eigenvalue weighted by Crippen LogP contribution is 2.37. The number of amides is 4. The van der Waals surface area contributed by atoms with Crippen LogP contribution in [0, 0.1) is 11.6 Å². The summed E-state index contributed by atoms with van der Waals surface area (Å²) in [6.07, 6.45) is 2.22. The Morgan fingerprint density at radius 1 is 0.982 bits per heavy atom.